The molecule has 2 atom stereocenters. The summed E-state index contributed by atoms with van der Waals surface area (Å²) in [6, 6.07) is 4.99. The quantitative estimate of drug-likeness (QED) is 0.799. The average Bonchev–Trinajstić information content (AvgIpc) is 2.53. The van der Waals surface area contributed by atoms with Gasteiger partial charge in [0, 0.05) is 25.7 Å². The molecular formula is C17H26N2O4. The van der Waals surface area contributed by atoms with Gasteiger partial charge in [-0.1, -0.05) is 13.0 Å². The lowest BCUT2D eigenvalue weighted by molar-refractivity contribution is -0.144. The van der Waals surface area contributed by atoms with Crippen molar-refractivity contribution in [3.8, 4) is 11.5 Å². The molecule has 6 nitrogen and oxygen atoms in total. The SMILES string of the molecule is CCCOc1cc(C(C(=O)O)N2CCNC(C)C2)ccc1OC. The number of nitrogens with zero attached hydrogens (tertiary/aromatic N) is 1. The lowest BCUT2D eigenvalue weighted by atomic mass is 10.0. The highest BCUT2D eigenvalue weighted by atomic mass is 16.5. The van der Waals surface area contributed by atoms with Gasteiger partial charge in [-0.2, -0.15) is 0 Å². The molecule has 0 saturated carbocycles. The van der Waals surface area contributed by atoms with Gasteiger partial charge in [-0.3, -0.25) is 9.69 Å². The van der Waals surface area contributed by atoms with E-state index in [1.807, 2.05) is 17.9 Å². The highest BCUT2D eigenvalue weighted by Crippen LogP contribution is 2.33. The van der Waals surface area contributed by atoms with E-state index in [0.29, 0.717) is 31.2 Å². The second kappa shape index (κ2) is 8.17. The fraction of sp³-hybridized carbons (Fsp3) is 0.588. The van der Waals surface area contributed by atoms with Gasteiger partial charge in [0.15, 0.2) is 11.5 Å². The van der Waals surface area contributed by atoms with Crippen molar-refractivity contribution in [2.75, 3.05) is 33.4 Å². The maximum Gasteiger partial charge on any atom is 0.325 e. The summed E-state index contributed by atoms with van der Waals surface area (Å²) in [6.45, 7) is 6.86. The second-order valence-corrected chi connectivity index (χ2v) is 5.85. The molecule has 1 aliphatic heterocycles. The Morgan fingerprint density at radius 2 is 2.26 bits per heavy atom. The molecule has 128 valence electrons. The molecule has 1 aliphatic rings. The Labute approximate surface area is 137 Å². The van der Waals surface area contributed by atoms with Gasteiger partial charge in [-0.05, 0) is 31.0 Å². The van der Waals surface area contributed by atoms with E-state index >= 15 is 0 Å². The number of rotatable bonds is 7. The lowest BCUT2D eigenvalue weighted by Gasteiger charge is -2.36. The van der Waals surface area contributed by atoms with Gasteiger partial charge in [0.1, 0.15) is 6.04 Å². The van der Waals surface area contributed by atoms with Crippen molar-refractivity contribution in [3.63, 3.8) is 0 Å². The normalized spacial score (nSPS) is 20.0. The molecule has 1 aromatic carbocycles. The highest BCUT2D eigenvalue weighted by Gasteiger charge is 2.31. The first kappa shape index (κ1) is 17.6. The number of piperazine rings is 1. The zero-order valence-electron chi connectivity index (χ0n) is 14.0. The Morgan fingerprint density at radius 3 is 2.87 bits per heavy atom. The topological polar surface area (TPSA) is 71.0 Å². The van der Waals surface area contributed by atoms with Crippen molar-refractivity contribution in [3.05, 3.63) is 23.8 Å². The summed E-state index contributed by atoms with van der Waals surface area (Å²) >= 11 is 0. The summed E-state index contributed by atoms with van der Waals surface area (Å²) in [5.74, 6) is 0.381. The molecule has 0 radical (unpaired) electrons. The van der Waals surface area contributed by atoms with Gasteiger partial charge < -0.3 is 19.9 Å². The lowest BCUT2D eigenvalue weighted by Crippen LogP contribution is -2.51. The number of ether oxygens (including phenoxy) is 2. The van der Waals surface area contributed by atoms with E-state index in [1.54, 1.807) is 19.2 Å². The third-order valence-corrected chi connectivity index (χ3v) is 3.96. The van der Waals surface area contributed by atoms with E-state index in [-0.39, 0.29) is 6.04 Å². The molecule has 6 heteroatoms. The van der Waals surface area contributed by atoms with Crippen LogP contribution in [0, 0.1) is 0 Å². The Hall–Kier alpha value is -1.79. The molecule has 2 unspecified atom stereocenters. The molecule has 0 bridgehead atoms. The van der Waals surface area contributed by atoms with Crippen LogP contribution in [0.5, 0.6) is 11.5 Å². The number of aliphatic carboxylic acids is 1. The van der Waals surface area contributed by atoms with Crippen LogP contribution in [0.2, 0.25) is 0 Å². The first-order valence-corrected chi connectivity index (χ1v) is 8.07. The van der Waals surface area contributed by atoms with Crippen LogP contribution < -0.4 is 14.8 Å². The van der Waals surface area contributed by atoms with Crippen molar-refractivity contribution in [2.45, 2.75) is 32.4 Å². The molecule has 1 saturated heterocycles. The zero-order valence-corrected chi connectivity index (χ0v) is 14.0. The van der Waals surface area contributed by atoms with E-state index in [0.717, 1.165) is 18.5 Å². The molecule has 1 fully saturated rings. The molecule has 2 N–H and O–H groups in total. The average molecular weight is 322 g/mol. The minimum Gasteiger partial charge on any atom is -0.493 e. The van der Waals surface area contributed by atoms with E-state index in [1.165, 1.54) is 0 Å². The second-order valence-electron chi connectivity index (χ2n) is 5.85. The van der Waals surface area contributed by atoms with Crippen LogP contribution in [-0.4, -0.2) is 55.4 Å². The smallest absolute Gasteiger partial charge is 0.325 e. The largest absolute Gasteiger partial charge is 0.493 e. The number of carboxylic acids is 1. The van der Waals surface area contributed by atoms with Crippen LogP contribution in [-0.2, 0) is 4.79 Å². The third kappa shape index (κ3) is 4.36. The van der Waals surface area contributed by atoms with E-state index < -0.39 is 12.0 Å². The fourth-order valence-corrected chi connectivity index (χ4v) is 2.89. The molecule has 0 spiro atoms. The van der Waals surface area contributed by atoms with Gasteiger partial charge >= 0.3 is 5.97 Å². The molecule has 0 amide bonds. The van der Waals surface area contributed by atoms with Crippen molar-refractivity contribution >= 4 is 5.97 Å². The van der Waals surface area contributed by atoms with Crippen LogP contribution in [0.1, 0.15) is 31.9 Å². The van der Waals surface area contributed by atoms with Crippen molar-refractivity contribution in [1.29, 1.82) is 0 Å². The van der Waals surface area contributed by atoms with Crippen LogP contribution in [0.15, 0.2) is 18.2 Å². The number of benzene rings is 1. The van der Waals surface area contributed by atoms with Crippen LogP contribution in [0.4, 0.5) is 0 Å². The van der Waals surface area contributed by atoms with E-state index in [2.05, 4.69) is 12.2 Å². The number of hydrogen-bond acceptors (Lipinski definition) is 5. The van der Waals surface area contributed by atoms with Gasteiger partial charge in [-0.25, -0.2) is 0 Å². The Bertz CT molecular complexity index is 535. The summed E-state index contributed by atoms with van der Waals surface area (Å²) in [7, 11) is 1.58. The van der Waals surface area contributed by atoms with Gasteiger partial charge in [0.05, 0.1) is 13.7 Å². The molecule has 1 heterocycles. The molecule has 23 heavy (non-hydrogen) atoms. The number of nitrogens with one attached hydrogen (secondary N) is 1. The highest BCUT2D eigenvalue weighted by molar-refractivity contribution is 5.76. The van der Waals surface area contributed by atoms with Gasteiger partial charge in [-0.15, -0.1) is 0 Å². The van der Waals surface area contributed by atoms with E-state index in [9.17, 15) is 9.90 Å². The van der Waals surface area contributed by atoms with Gasteiger partial charge in [0.2, 0.25) is 0 Å². The molecule has 0 aromatic heterocycles. The van der Waals surface area contributed by atoms with Gasteiger partial charge in [0.25, 0.3) is 0 Å². The molecule has 0 aliphatic carbocycles. The summed E-state index contributed by atoms with van der Waals surface area (Å²) in [5.41, 5.74) is 0.721. The Kier molecular flexibility index (Phi) is 6.24. The maximum atomic E-state index is 11.9. The first-order chi connectivity index (χ1) is 11.1. The summed E-state index contributed by atoms with van der Waals surface area (Å²) in [6.07, 6.45) is 0.880. The number of methoxy groups -OCH3 is 1. The van der Waals surface area contributed by atoms with E-state index in [4.69, 9.17) is 9.47 Å². The summed E-state index contributed by atoms with van der Waals surface area (Å²) < 4.78 is 11.0. The maximum absolute atomic E-state index is 11.9. The van der Waals surface area contributed by atoms with Crippen molar-refractivity contribution in [2.24, 2.45) is 0 Å². The van der Waals surface area contributed by atoms with Crippen molar-refractivity contribution < 1.29 is 19.4 Å². The van der Waals surface area contributed by atoms with Crippen LogP contribution >= 0.6 is 0 Å². The zero-order chi connectivity index (χ0) is 16.8. The third-order valence-electron chi connectivity index (χ3n) is 3.96. The Balaban J connectivity index is 2.29. The fourth-order valence-electron chi connectivity index (χ4n) is 2.89. The molecule has 1 aromatic rings. The van der Waals surface area contributed by atoms with Crippen LogP contribution in [0.3, 0.4) is 0 Å². The minimum absolute atomic E-state index is 0.277. The predicted molar refractivity (Wildman–Crippen MR) is 88.2 cm³/mol. The monoisotopic (exact) mass is 322 g/mol. The number of carbonyl (C=O) groups is 1. The van der Waals surface area contributed by atoms with Crippen LogP contribution in [0.25, 0.3) is 0 Å². The summed E-state index contributed by atoms with van der Waals surface area (Å²) in [4.78, 5) is 13.8. The van der Waals surface area contributed by atoms with Crippen molar-refractivity contribution in [1.82, 2.24) is 10.2 Å². The first-order valence-electron chi connectivity index (χ1n) is 8.07. The molecule has 2 rings (SSSR count). The number of carboxylic acid groups (broad SMARTS) is 1. The standard InChI is InChI=1S/C17H26N2O4/c1-4-9-23-15-10-13(5-6-14(15)22-3)16(17(20)21)19-8-7-18-12(2)11-19/h5-6,10,12,16,18H,4,7-9,11H2,1-3H3,(H,20,21). The Morgan fingerprint density at radius 1 is 1.48 bits per heavy atom. The predicted octanol–water partition coefficient (Wildman–Crippen LogP) is 1.90. The summed E-state index contributed by atoms with van der Waals surface area (Å²) in [5, 5.41) is 13.1. The molecular weight excluding hydrogens is 296 g/mol. The minimum atomic E-state index is -0.842. The number of hydrogen-bond donors (Lipinski definition) is 2.